The average molecular weight is 367 g/mol. The Hall–Kier alpha value is -2.40. The smallest absolute Gasteiger partial charge is 0.239 e. The first-order valence-corrected chi connectivity index (χ1v) is 9.91. The van der Waals surface area contributed by atoms with Crippen LogP contribution in [0.25, 0.3) is 0 Å². The highest BCUT2D eigenvalue weighted by atomic mass is 16.2. The van der Waals surface area contributed by atoms with Crippen molar-refractivity contribution < 1.29 is 4.79 Å². The van der Waals surface area contributed by atoms with Crippen molar-refractivity contribution in [2.24, 2.45) is 11.7 Å². The van der Waals surface area contributed by atoms with Gasteiger partial charge in [0, 0.05) is 32.4 Å². The second kappa shape index (κ2) is 9.51. The molecule has 2 heterocycles. The topological polar surface area (TPSA) is 62.5 Å². The molecule has 5 nitrogen and oxygen atoms in total. The molecule has 27 heavy (non-hydrogen) atoms. The molecule has 1 amide bonds. The number of aromatic nitrogens is 1. The molecule has 0 aliphatic carbocycles. The van der Waals surface area contributed by atoms with Gasteiger partial charge in [-0.3, -0.25) is 4.79 Å². The maximum Gasteiger partial charge on any atom is 0.239 e. The molecule has 3 rings (SSSR count). The summed E-state index contributed by atoms with van der Waals surface area (Å²) in [6.07, 6.45) is 4.59. The summed E-state index contributed by atoms with van der Waals surface area (Å²) in [6, 6.07) is 15.6. The predicted octanol–water partition coefficient (Wildman–Crippen LogP) is 2.72. The number of hydrogen-bond acceptors (Lipinski definition) is 4. The molecule has 1 atom stereocenters. The zero-order valence-corrected chi connectivity index (χ0v) is 16.1. The van der Waals surface area contributed by atoms with Crippen molar-refractivity contribution >= 4 is 11.7 Å². The number of amides is 1. The summed E-state index contributed by atoms with van der Waals surface area (Å²) in [7, 11) is 0. The summed E-state index contributed by atoms with van der Waals surface area (Å²) in [4.78, 5) is 21.5. The van der Waals surface area contributed by atoms with E-state index in [1.54, 1.807) is 0 Å². The zero-order valence-electron chi connectivity index (χ0n) is 16.1. The van der Waals surface area contributed by atoms with E-state index >= 15 is 0 Å². The predicted molar refractivity (Wildman–Crippen MR) is 110 cm³/mol. The van der Waals surface area contributed by atoms with Crippen LogP contribution in [0.2, 0.25) is 0 Å². The molecule has 1 aromatic heterocycles. The van der Waals surface area contributed by atoms with Gasteiger partial charge in [-0.1, -0.05) is 36.4 Å². The monoisotopic (exact) mass is 366 g/mol. The van der Waals surface area contributed by atoms with Gasteiger partial charge in [0.1, 0.15) is 5.82 Å². The fraction of sp³-hybridized carbons (Fsp3) is 0.455. The van der Waals surface area contributed by atoms with Gasteiger partial charge >= 0.3 is 0 Å². The number of benzene rings is 1. The van der Waals surface area contributed by atoms with E-state index in [9.17, 15) is 4.79 Å². The molecule has 0 spiro atoms. The number of nitrogens with zero attached hydrogens (tertiary/aromatic N) is 3. The Kier molecular flexibility index (Phi) is 6.82. The van der Waals surface area contributed by atoms with E-state index in [-0.39, 0.29) is 5.91 Å². The second-order valence-corrected chi connectivity index (χ2v) is 7.29. The minimum Gasteiger partial charge on any atom is -0.357 e. The van der Waals surface area contributed by atoms with Crippen molar-refractivity contribution in [2.45, 2.75) is 32.2 Å². The molecule has 5 heteroatoms. The molecule has 0 saturated carbocycles. The van der Waals surface area contributed by atoms with Gasteiger partial charge in [-0.25, -0.2) is 4.98 Å². The van der Waals surface area contributed by atoms with Gasteiger partial charge < -0.3 is 15.5 Å². The number of piperidine rings is 1. The van der Waals surface area contributed by atoms with Crippen LogP contribution in [0.3, 0.4) is 0 Å². The minimum atomic E-state index is -0.471. The van der Waals surface area contributed by atoms with E-state index in [2.05, 4.69) is 16.0 Å². The van der Waals surface area contributed by atoms with Crippen LogP contribution < -0.4 is 10.6 Å². The lowest BCUT2D eigenvalue weighted by Gasteiger charge is -2.35. The van der Waals surface area contributed by atoms with Gasteiger partial charge in [0.05, 0.1) is 6.04 Å². The maximum atomic E-state index is 12.8. The summed E-state index contributed by atoms with van der Waals surface area (Å²) in [6.45, 7) is 5.53. The molecule has 1 aliphatic rings. The fourth-order valence-electron chi connectivity index (χ4n) is 3.76. The molecule has 1 fully saturated rings. The molecule has 1 unspecified atom stereocenters. The largest absolute Gasteiger partial charge is 0.357 e. The molecule has 1 saturated heterocycles. The molecule has 1 aliphatic heterocycles. The Morgan fingerprint density at radius 1 is 1.19 bits per heavy atom. The van der Waals surface area contributed by atoms with Crippen molar-refractivity contribution in [3.63, 3.8) is 0 Å². The Morgan fingerprint density at radius 2 is 1.89 bits per heavy atom. The van der Waals surface area contributed by atoms with Gasteiger partial charge in [-0.2, -0.15) is 0 Å². The van der Waals surface area contributed by atoms with Gasteiger partial charge in [0.2, 0.25) is 5.91 Å². The van der Waals surface area contributed by atoms with Crippen LogP contribution in [0.4, 0.5) is 5.82 Å². The van der Waals surface area contributed by atoms with Gasteiger partial charge in [-0.15, -0.1) is 0 Å². The number of rotatable bonds is 7. The third-order valence-electron chi connectivity index (χ3n) is 5.38. The van der Waals surface area contributed by atoms with Crippen LogP contribution in [-0.4, -0.2) is 48.0 Å². The standard InChI is InChI=1S/C22H30N4O/c1-2-25(22(27)20(23)16-18-8-4-3-5-9-18)17-19-11-14-26(15-12-19)21-10-6-7-13-24-21/h3-10,13,19-20H,2,11-12,14-17,23H2,1H3. The van der Waals surface area contributed by atoms with Crippen LogP contribution in [0, 0.1) is 5.92 Å². The van der Waals surface area contributed by atoms with Crippen molar-refractivity contribution in [1.82, 2.24) is 9.88 Å². The first-order chi connectivity index (χ1) is 13.2. The maximum absolute atomic E-state index is 12.8. The van der Waals surface area contributed by atoms with Crippen molar-refractivity contribution in [1.29, 1.82) is 0 Å². The Bertz CT molecular complexity index is 699. The van der Waals surface area contributed by atoms with Crippen LogP contribution in [-0.2, 0) is 11.2 Å². The second-order valence-electron chi connectivity index (χ2n) is 7.29. The Labute approximate surface area is 162 Å². The lowest BCUT2D eigenvalue weighted by molar-refractivity contribution is -0.133. The first-order valence-electron chi connectivity index (χ1n) is 9.91. The summed E-state index contributed by atoms with van der Waals surface area (Å²) < 4.78 is 0. The third-order valence-corrected chi connectivity index (χ3v) is 5.38. The summed E-state index contributed by atoms with van der Waals surface area (Å²) in [5.41, 5.74) is 7.33. The number of nitrogens with two attached hydrogens (primary N) is 1. The highest BCUT2D eigenvalue weighted by Crippen LogP contribution is 2.22. The summed E-state index contributed by atoms with van der Waals surface area (Å²) in [5, 5.41) is 0. The van der Waals surface area contributed by atoms with Crippen molar-refractivity contribution in [3.8, 4) is 0 Å². The van der Waals surface area contributed by atoms with Crippen molar-refractivity contribution in [2.75, 3.05) is 31.1 Å². The normalized spacial score (nSPS) is 16.1. The van der Waals surface area contributed by atoms with E-state index in [0.29, 0.717) is 18.9 Å². The molecule has 2 N–H and O–H groups in total. The van der Waals surface area contributed by atoms with E-state index in [1.165, 1.54) is 0 Å². The summed E-state index contributed by atoms with van der Waals surface area (Å²) in [5.74, 6) is 1.63. The van der Waals surface area contributed by atoms with Gasteiger partial charge in [0.25, 0.3) is 0 Å². The van der Waals surface area contributed by atoms with Crippen LogP contribution in [0.5, 0.6) is 0 Å². The molecular weight excluding hydrogens is 336 g/mol. The Balaban J connectivity index is 1.50. The number of carbonyl (C=O) groups is 1. The van der Waals surface area contributed by atoms with Gasteiger partial charge in [-0.05, 0) is 49.8 Å². The number of hydrogen-bond donors (Lipinski definition) is 1. The quantitative estimate of drug-likeness (QED) is 0.818. The molecule has 1 aromatic carbocycles. The Morgan fingerprint density at radius 3 is 2.52 bits per heavy atom. The van der Waals surface area contributed by atoms with Crippen LogP contribution in [0.1, 0.15) is 25.3 Å². The minimum absolute atomic E-state index is 0.0634. The van der Waals surface area contributed by atoms with E-state index in [4.69, 9.17) is 5.73 Å². The highest BCUT2D eigenvalue weighted by molar-refractivity contribution is 5.82. The SMILES string of the molecule is CCN(CC1CCN(c2ccccn2)CC1)C(=O)C(N)Cc1ccccc1. The molecule has 0 radical (unpaired) electrons. The molecule has 2 aromatic rings. The molecule has 0 bridgehead atoms. The zero-order chi connectivity index (χ0) is 19.1. The van der Waals surface area contributed by atoms with Crippen molar-refractivity contribution in [3.05, 3.63) is 60.3 Å². The van der Waals surface area contributed by atoms with Crippen LogP contribution >= 0.6 is 0 Å². The highest BCUT2D eigenvalue weighted by Gasteiger charge is 2.26. The van der Waals surface area contributed by atoms with E-state index < -0.39 is 6.04 Å². The van der Waals surface area contributed by atoms with E-state index in [0.717, 1.165) is 43.9 Å². The molecular formula is C22H30N4O. The van der Waals surface area contributed by atoms with E-state index in [1.807, 2.05) is 60.5 Å². The van der Waals surface area contributed by atoms with Crippen LogP contribution in [0.15, 0.2) is 54.7 Å². The lowest BCUT2D eigenvalue weighted by Crippen LogP contribution is -2.48. The number of anilines is 1. The average Bonchev–Trinajstić information content (AvgIpc) is 2.73. The lowest BCUT2D eigenvalue weighted by atomic mass is 9.95. The number of likely N-dealkylation sites (N-methyl/N-ethyl adjacent to an activating group) is 1. The molecule has 144 valence electrons. The number of pyridine rings is 1. The third kappa shape index (κ3) is 5.30. The fourth-order valence-corrected chi connectivity index (χ4v) is 3.76. The first kappa shape index (κ1) is 19.4. The number of carbonyl (C=O) groups excluding carboxylic acids is 1. The summed E-state index contributed by atoms with van der Waals surface area (Å²) >= 11 is 0. The van der Waals surface area contributed by atoms with Gasteiger partial charge in [0.15, 0.2) is 0 Å².